The third-order valence-corrected chi connectivity index (χ3v) is 7.15. The molecule has 2 heteroatoms. The second-order valence-electron chi connectivity index (χ2n) is 7.87. The van der Waals surface area contributed by atoms with Crippen LogP contribution >= 0.6 is 11.3 Å². The molecule has 0 radical (unpaired) electrons. The highest BCUT2D eigenvalue weighted by Crippen LogP contribution is 2.37. The van der Waals surface area contributed by atoms with Gasteiger partial charge in [0.25, 0.3) is 0 Å². The molecule has 0 amide bonds. The summed E-state index contributed by atoms with van der Waals surface area (Å²) in [5.41, 5.74) is 3.72. The zero-order valence-electron chi connectivity index (χ0n) is 16.5. The van der Waals surface area contributed by atoms with Crippen LogP contribution in [0.1, 0.15) is 17.9 Å². The lowest BCUT2D eigenvalue weighted by molar-refractivity contribution is 0.848. The number of rotatable bonds is 3. The smallest absolute Gasteiger partial charge is 0.0463 e. The summed E-state index contributed by atoms with van der Waals surface area (Å²) >= 11 is 1.88. The number of anilines is 1. The molecule has 1 N–H and O–H groups in total. The van der Waals surface area contributed by atoms with E-state index in [4.69, 9.17) is 0 Å². The van der Waals surface area contributed by atoms with Gasteiger partial charge in [-0.25, -0.2) is 0 Å². The molecular weight excluding hydrogens is 382 g/mol. The van der Waals surface area contributed by atoms with Gasteiger partial charge in [-0.05, 0) is 47.7 Å². The van der Waals surface area contributed by atoms with Gasteiger partial charge in [-0.3, -0.25) is 0 Å². The molecule has 0 bridgehead atoms. The van der Waals surface area contributed by atoms with Crippen LogP contribution in [0.5, 0.6) is 0 Å². The normalized spacial score (nSPS) is 16.3. The number of hydrogen-bond donors (Lipinski definition) is 1. The molecule has 5 aromatic rings. The van der Waals surface area contributed by atoms with E-state index in [0.717, 1.165) is 12.1 Å². The maximum atomic E-state index is 3.62. The van der Waals surface area contributed by atoms with Crippen molar-refractivity contribution in [2.45, 2.75) is 12.3 Å². The molecule has 0 saturated heterocycles. The van der Waals surface area contributed by atoms with E-state index in [1.54, 1.807) is 0 Å². The van der Waals surface area contributed by atoms with Crippen molar-refractivity contribution in [3.05, 3.63) is 114 Å². The lowest BCUT2D eigenvalue weighted by Gasteiger charge is -2.18. The number of benzene rings is 4. The Kier molecular flexibility index (Phi) is 4.17. The minimum atomic E-state index is 0.422. The van der Waals surface area contributed by atoms with Gasteiger partial charge in [0.2, 0.25) is 0 Å². The van der Waals surface area contributed by atoms with Crippen LogP contribution in [0.2, 0.25) is 0 Å². The zero-order chi connectivity index (χ0) is 19.9. The lowest BCUT2D eigenvalue weighted by Crippen LogP contribution is -2.04. The van der Waals surface area contributed by atoms with Crippen molar-refractivity contribution in [3.8, 4) is 0 Å². The molecule has 1 nitrogen and oxygen atoms in total. The first kappa shape index (κ1) is 17.5. The quantitative estimate of drug-likeness (QED) is 0.320. The summed E-state index contributed by atoms with van der Waals surface area (Å²) < 4.78 is 2.74. The largest absolute Gasteiger partial charge is 0.355 e. The van der Waals surface area contributed by atoms with Crippen LogP contribution < -0.4 is 5.32 Å². The summed E-state index contributed by atoms with van der Waals surface area (Å²) in [4.78, 5) is 0. The van der Waals surface area contributed by atoms with Gasteiger partial charge in [-0.2, -0.15) is 0 Å². The van der Waals surface area contributed by atoms with E-state index in [2.05, 4.69) is 108 Å². The molecule has 1 heterocycles. The van der Waals surface area contributed by atoms with Crippen molar-refractivity contribution in [1.29, 1.82) is 0 Å². The predicted octanol–water partition coefficient (Wildman–Crippen LogP) is 8.25. The first-order valence-electron chi connectivity index (χ1n) is 10.4. The van der Waals surface area contributed by atoms with Crippen LogP contribution in [-0.2, 0) is 0 Å². The number of fused-ring (bicyclic) bond motifs is 4. The SMILES string of the molecule is C1=CC(c2ccc3sc4ccccc4c3c2)CC=C1Nc1cccc2ccccc12. The van der Waals surface area contributed by atoms with Gasteiger partial charge < -0.3 is 5.32 Å². The monoisotopic (exact) mass is 403 g/mol. The van der Waals surface area contributed by atoms with E-state index in [9.17, 15) is 0 Å². The summed E-state index contributed by atoms with van der Waals surface area (Å²) in [5.74, 6) is 0.422. The van der Waals surface area contributed by atoms with Crippen molar-refractivity contribution < 1.29 is 0 Å². The Balaban J connectivity index is 1.27. The molecule has 6 rings (SSSR count). The molecule has 0 spiro atoms. The van der Waals surface area contributed by atoms with E-state index in [-0.39, 0.29) is 0 Å². The predicted molar refractivity (Wildman–Crippen MR) is 131 cm³/mol. The maximum absolute atomic E-state index is 3.62. The molecule has 0 saturated carbocycles. The molecule has 4 aromatic carbocycles. The Hall–Kier alpha value is -3.36. The van der Waals surface area contributed by atoms with E-state index in [0.29, 0.717) is 5.92 Å². The fourth-order valence-electron chi connectivity index (χ4n) is 4.42. The van der Waals surface area contributed by atoms with Crippen LogP contribution in [-0.4, -0.2) is 0 Å². The maximum Gasteiger partial charge on any atom is 0.0463 e. The minimum absolute atomic E-state index is 0.422. The van der Waals surface area contributed by atoms with E-state index < -0.39 is 0 Å². The molecule has 1 aromatic heterocycles. The van der Waals surface area contributed by atoms with E-state index in [1.807, 2.05) is 11.3 Å². The van der Waals surface area contributed by atoms with Crippen molar-refractivity contribution in [2.75, 3.05) is 5.32 Å². The number of allylic oxidation sites excluding steroid dienone is 3. The second kappa shape index (κ2) is 7.16. The molecule has 30 heavy (non-hydrogen) atoms. The first-order valence-corrected chi connectivity index (χ1v) is 11.2. The van der Waals surface area contributed by atoms with E-state index in [1.165, 1.54) is 42.2 Å². The Morgan fingerprint density at radius 1 is 0.733 bits per heavy atom. The summed E-state index contributed by atoms with van der Waals surface area (Å²) in [7, 11) is 0. The van der Waals surface area contributed by atoms with Crippen LogP contribution in [0.4, 0.5) is 5.69 Å². The molecule has 0 fully saturated rings. The van der Waals surface area contributed by atoms with Gasteiger partial charge in [0.1, 0.15) is 0 Å². The Bertz CT molecular complexity index is 1450. The van der Waals surface area contributed by atoms with Crippen LogP contribution in [0.15, 0.2) is 109 Å². The van der Waals surface area contributed by atoms with Gasteiger partial charge in [-0.1, -0.05) is 72.8 Å². The Morgan fingerprint density at radius 2 is 1.53 bits per heavy atom. The average molecular weight is 404 g/mol. The Morgan fingerprint density at radius 3 is 2.43 bits per heavy atom. The van der Waals surface area contributed by atoms with Gasteiger partial charge >= 0.3 is 0 Å². The third-order valence-electron chi connectivity index (χ3n) is 6.00. The highest BCUT2D eigenvalue weighted by atomic mass is 32.1. The fraction of sp³-hybridized carbons (Fsp3) is 0.0714. The Labute approximate surface area is 180 Å². The zero-order valence-corrected chi connectivity index (χ0v) is 17.3. The molecule has 1 unspecified atom stereocenters. The van der Waals surface area contributed by atoms with Crippen LogP contribution in [0.25, 0.3) is 30.9 Å². The molecule has 1 atom stereocenters. The van der Waals surface area contributed by atoms with Crippen LogP contribution in [0, 0.1) is 0 Å². The molecule has 144 valence electrons. The summed E-state index contributed by atoms with van der Waals surface area (Å²) in [5, 5.41) is 8.89. The first-order chi connectivity index (χ1) is 14.8. The van der Waals surface area contributed by atoms with Crippen molar-refractivity contribution in [3.63, 3.8) is 0 Å². The highest BCUT2D eigenvalue weighted by Gasteiger charge is 2.14. The summed E-state index contributed by atoms with van der Waals surface area (Å²) in [6.45, 7) is 0. The lowest BCUT2D eigenvalue weighted by atomic mass is 9.90. The number of nitrogens with one attached hydrogen (secondary N) is 1. The van der Waals surface area contributed by atoms with Crippen LogP contribution in [0.3, 0.4) is 0 Å². The van der Waals surface area contributed by atoms with Gasteiger partial charge in [0.15, 0.2) is 0 Å². The molecular formula is C28H21NS. The van der Waals surface area contributed by atoms with E-state index >= 15 is 0 Å². The van der Waals surface area contributed by atoms with Crippen molar-refractivity contribution >= 4 is 48.0 Å². The molecule has 1 aliphatic rings. The van der Waals surface area contributed by atoms with Gasteiger partial charge in [-0.15, -0.1) is 11.3 Å². The number of hydrogen-bond acceptors (Lipinski definition) is 2. The third kappa shape index (κ3) is 3.01. The fourth-order valence-corrected chi connectivity index (χ4v) is 5.51. The van der Waals surface area contributed by atoms with Gasteiger partial charge in [0.05, 0.1) is 0 Å². The summed E-state index contributed by atoms with van der Waals surface area (Å²) in [6, 6.07) is 30.6. The topological polar surface area (TPSA) is 12.0 Å². The van der Waals surface area contributed by atoms with Gasteiger partial charge in [0, 0.05) is 42.9 Å². The number of thiophene rings is 1. The van der Waals surface area contributed by atoms with Crippen molar-refractivity contribution in [2.24, 2.45) is 0 Å². The minimum Gasteiger partial charge on any atom is -0.355 e. The standard InChI is InChI=1S/C28H21NS/c1-2-8-23-20(6-1)7-5-10-26(23)29-22-15-12-19(13-16-22)21-14-17-28-25(18-21)24-9-3-4-11-27(24)30-28/h1-12,14-19,29H,13H2. The summed E-state index contributed by atoms with van der Waals surface area (Å²) in [6.07, 6.45) is 7.90. The molecule has 0 aliphatic heterocycles. The van der Waals surface area contributed by atoms with Crippen molar-refractivity contribution in [1.82, 2.24) is 0 Å². The second-order valence-corrected chi connectivity index (χ2v) is 8.95. The molecule has 1 aliphatic carbocycles. The highest BCUT2D eigenvalue weighted by molar-refractivity contribution is 7.25. The average Bonchev–Trinajstić information content (AvgIpc) is 3.18.